The van der Waals surface area contributed by atoms with Gasteiger partial charge in [-0.1, -0.05) is 340 Å². The van der Waals surface area contributed by atoms with Crippen LogP contribution in [0.4, 0.5) is 0 Å². The lowest BCUT2D eigenvalue weighted by Crippen LogP contribution is -2.45. The fraction of sp³-hybridized carbons (Fsp3) is 0.918. The van der Waals surface area contributed by atoms with E-state index in [0.717, 1.165) is 44.9 Å². The van der Waals surface area contributed by atoms with Gasteiger partial charge in [-0.15, -0.1) is 0 Å². The maximum absolute atomic E-state index is 12.6. The maximum atomic E-state index is 12.6. The van der Waals surface area contributed by atoms with Crippen LogP contribution >= 0.6 is 0 Å². The van der Waals surface area contributed by atoms with Gasteiger partial charge >= 0.3 is 5.97 Å². The summed E-state index contributed by atoms with van der Waals surface area (Å²) in [5.41, 5.74) is 0. The van der Waals surface area contributed by atoms with Gasteiger partial charge in [0.05, 0.1) is 25.4 Å². The summed E-state index contributed by atoms with van der Waals surface area (Å²) in [5.74, 6) is -0.0297. The third-order valence-electron chi connectivity index (χ3n) is 17.0. The number of rotatable bonds is 68. The second-order valence-electron chi connectivity index (χ2n) is 24.9. The molecule has 0 aromatic heterocycles. The summed E-state index contributed by atoms with van der Waals surface area (Å²) in [6, 6.07) is -0.548. The predicted molar refractivity (Wildman–Crippen MR) is 347 cm³/mol. The fourth-order valence-corrected chi connectivity index (χ4v) is 11.5. The van der Waals surface area contributed by atoms with Crippen molar-refractivity contribution in [2.24, 2.45) is 0 Å². The molecule has 0 spiro atoms. The van der Waals surface area contributed by atoms with E-state index in [1.54, 1.807) is 0 Å². The number of aliphatic hydroxyl groups excluding tert-OH is 2. The van der Waals surface area contributed by atoms with Crippen molar-refractivity contribution in [3.63, 3.8) is 0 Å². The number of aliphatic hydroxyl groups is 2. The number of nitrogens with one attached hydrogen (secondary N) is 1. The minimum absolute atomic E-state index is 0.00772. The van der Waals surface area contributed by atoms with Crippen LogP contribution in [0.15, 0.2) is 24.3 Å². The van der Waals surface area contributed by atoms with Crippen LogP contribution in [0.5, 0.6) is 0 Å². The van der Waals surface area contributed by atoms with E-state index in [-0.39, 0.29) is 18.5 Å². The van der Waals surface area contributed by atoms with Crippen molar-refractivity contribution in [1.82, 2.24) is 5.32 Å². The molecular formula is C73H141NO5. The first kappa shape index (κ1) is 77.3. The van der Waals surface area contributed by atoms with Crippen LogP contribution in [-0.4, -0.2) is 47.4 Å². The first-order chi connectivity index (χ1) is 39.0. The molecule has 0 bridgehead atoms. The predicted octanol–water partition coefficient (Wildman–Crippen LogP) is 23.3. The van der Waals surface area contributed by atoms with Crippen molar-refractivity contribution >= 4 is 11.9 Å². The highest BCUT2D eigenvalue weighted by Gasteiger charge is 2.20. The average Bonchev–Trinajstić information content (AvgIpc) is 3.45. The summed E-state index contributed by atoms with van der Waals surface area (Å²) >= 11 is 0. The second-order valence-corrected chi connectivity index (χ2v) is 24.9. The van der Waals surface area contributed by atoms with Gasteiger partial charge in [-0.05, 0) is 77.0 Å². The molecule has 468 valence electrons. The molecule has 0 fully saturated rings. The molecule has 0 saturated carbocycles. The number of carbonyl (C=O) groups is 2. The van der Waals surface area contributed by atoms with E-state index < -0.39 is 12.1 Å². The second kappa shape index (κ2) is 68.8. The van der Waals surface area contributed by atoms with Gasteiger partial charge < -0.3 is 20.3 Å². The highest BCUT2D eigenvalue weighted by Crippen LogP contribution is 2.19. The molecule has 3 N–H and O–H groups in total. The van der Waals surface area contributed by atoms with Crippen molar-refractivity contribution in [3.8, 4) is 0 Å². The number of ether oxygens (including phenoxy) is 1. The molecule has 6 nitrogen and oxygen atoms in total. The molecular weight excluding hydrogens is 971 g/mol. The molecule has 0 aromatic rings. The van der Waals surface area contributed by atoms with Gasteiger partial charge in [-0.2, -0.15) is 0 Å². The van der Waals surface area contributed by atoms with Crippen molar-refractivity contribution in [1.29, 1.82) is 0 Å². The standard InChI is InChI=1S/C73H141NO5/c1-3-5-7-9-11-13-15-17-19-21-22-23-24-27-30-34-37-41-45-49-53-57-61-65-71(76)70(69-75)74-72(77)66-62-58-54-50-46-42-38-35-31-28-25-26-29-32-36-40-44-48-52-56-60-64-68-79-73(78)67-63-59-55-51-47-43-39-33-20-18-16-14-12-10-8-6-4-2/h18,20,28,31,70-71,75-76H,3-17,19,21-27,29-30,32-69H2,1-2H3,(H,74,77)/b20-18-,31-28-. The van der Waals surface area contributed by atoms with Crippen LogP contribution in [0, 0.1) is 0 Å². The third kappa shape index (κ3) is 65.4. The Labute approximate surface area is 494 Å². The van der Waals surface area contributed by atoms with Crippen LogP contribution in [0.3, 0.4) is 0 Å². The van der Waals surface area contributed by atoms with Crippen molar-refractivity contribution in [2.45, 2.75) is 418 Å². The van der Waals surface area contributed by atoms with Gasteiger partial charge in [-0.25, -0.2) is 0 Å². The van der Waals surface area contributed by atoms with E-state index in [2.05, 4.69) is 43.5 Å². The lowest BCUT2D eigenvalue weighted by atomic mass is 10.0. The molecule has 2 unspecified atom stereocenters. The molecule has 2 atom stereocenters. The van der Waals surface area contributed by atoms with Gasteiger partial charge in [-0.3, -0.25) is 9.59 Å². The van der Waals surface area contributed by atoms with Crippen molar-refractivity contribution in [3.05, 3.63) is 24.3 Å². The SMILES string of the molecule is CCCCCCCC/C=C\CCCCCCCCCC(=O)OCCCCCCCCCCCCC/C=C\CCCCCCCCCC(=O)NC(CO)C(O)CCCCCCCCCCCCCCCCCCCCCCCCC. The Morgan fingerprint density at radius 2 is 0.595 bits per heavy atom. The smallest absolute Gasteiger partial charge is 0.305 e. The van der Waals surface area contributed by atoms with Gasteiger partial charge in [0, 0.05) is 12.8 Å². The molecule has 1 amide bonds. The number of unbranched alkanes of at least 4 members (excludes halogenated alkanes) is 53. The zero-order valence-electron chi connectivity index (χ0n) is 53.6. The summed E-state index contributed by atoms with van der Waals surface area (Å²) in [6.45, 7) is 4.98. The van der Waals surface area contributed by atoms with Gasteiger partial charge in [0.25, 0.3) is 0 Å². The lowest BCUT2D eigenvalue weighted by molar-refractivity contribution is -0.143. The molecule has 6 heteroatoms. The molecule has 0 saturated heterocycles. The maximum Gasteiger partial charge on any atom is 0.305 e. The van der Waals surface area contributed by atoms with Crippen LogP contribution in [0.25, 0.3) is 0 Å². The number of esters is 1. The van der Waals surface area contributed by atoms with Gasteiger partial charge in [0.1, 0.15) is 0 Å². The van der Waals surface area contributed by atoms with Crippen LogP contribution in [0.2, 0.25) is 0 Å². The summed E-state index contributed by atoms with van der Waals surface area (Å²) in [5, 5.41) is 23.4. The number of hydrogen-bond acceptors (Lipinski definition) is 5. The molecule has 0 aliphatic carbocycles. The fourth-order valence-electron chi connectivity index (χ4n) is 11.5. The Morgan fingerprint density at radius 3 is 0.899 bits per heavy atom. The number of carbonyl (C=O) groups excluding carboxylic acids is 2. The molecule has 0 aromatic carbocycles. The van der Waals surface area contributed by atoms with E-state index in [1.807, 2.05) is 0 Å². The first-order valence-corrected chi connectivity index (χ1v) is 36.1. The molecule has 0 heterocycles. The summed E-state index contributed by atoms with van der Waals surface area (Å²) < 4.78 is 5.50. The highest BCUT2D eigenvalue weighted by atomic mass is 16.5. The minimum Gasteiger partial charge on any atom is -0.466 e. The molecule has 79 heavy (non-hydrogen) atoms. The Hall–Kier alpha value is -1.66. The molecule has 0 aliphatic rings. The Bertz CT molecular complexity index is 1230. The summed E-state index contributed by atoms with van der Waals surface area (Å²) in [4.78, 5) is 24.7. The zero-order valence-corrected chi connectivity index (χ0v) is 53.6. The molecule has 0 aliphatic heterocycles. The number of allylic oxidation sites excluding steroid dienone is 4. The van der Waals surface area contributed by atoms with Crippen molar-refractivity contribution in [2.75, 3.05) is 13.2 Å². The lowest BCUT2D eigenvalue weighted by Gasteiger charge is -2.22. The third-order valence-corrected chi connectivity index (χ3v) is 17.0. The molecule has 0 radical (unpaired) electrons. The van der Waals surface area contributed by atoms with E-state index >= 15 is 0 Å². The Morgan fingerprint density at radius 1 is 0.342 bits per heavy atom. The zero-order chi connectivity index (χ0) is 57.1. The Kier molecular flexibility index (Phi) is 67.4. The largest absolute Gasteiger partial charge is 0.466 e. The topological polar surface area (TPSA) is 95.9 Å². The molecule has 0 rings (SSSR count). The number of amides is 1. The summed E-state index contributed by atoms with van der Waals surface area (Å²) in [7, 11) is 0. The first-order valence-electron chi connectivity index (χ1n) is 36.1. The van der Waals surface area contributed by atoms with Crippen molar-refractivity contribution < 1.29 is 24.5 Å². The van der Waals surface area contributed by atoms with E-state index in [9.17, 15) is 19.8 Å². The number of hydrogen-bond donors (Lipinski definition) is 3. The minimum atomic E-state index is -0.670. The van der Waals surface area contributed by atoms with E-state index in [0.29, 0.717) is 25.9 Å². The quantitative estimate of drug-likeness (QED) is 0.0320. The highest BCUT2D eigenvalue weighted by molar-refractivity contribution is 5.76. The average molecular weight is 1110 g/mol. The summed E-state index contributed by atoms with van der Waals surface area (Å²) in [6.07, 6.45) is 86.5. The van der Waals surface area contributed by atoms with E-state index in [1.165, 1.54) is 327 Å². The monoisotopic (exact) mass is 1110 g/mol. The van der Waals surface area contributed by atoms with Crippen LogP contribution in [0.1, 0.15) is 406 Å². The van der Waals surface area contributed by atoms with Crippen LogP contribution in [-0.2, 0) is 14.3 Å². The van der Waals surface area contributed by atoms with Gasteiger partial charge in [0.2, 0.25) is 5.91 Å². The van der Waals surface area contributed by atoms with E-state index in [4.69, 9.17) is 4.74 Å². The van der Waals surface area contributed by atoms with Crippen LogP contribution < -0.4 is 5.32 Å². The normalized spacial score (nSPS) is 12.6. The van der Waals surface area contributed by atoms with Gasteiger partial charge in [0.15, 0.2) is 0 Å². The Balaban J connectivity index is 3.41.